The first-order valence-electron chi connectivity index (χ1n) is 5.15. The normalized spacial score (nSPS) is 20.3. The Morgan fingerprint density at radius 1 is 1.00 bits per heavy atom. The summed E-state index contributed by atoms with van der Waals surface area (Å²) in [6, 6.07) is 0. The Kier molecular flexibility index (Phi) is 7.23. The van der Waals surface area contributed by atoms with Gasteiger partial charge in [-0.3, -0.25) is 0 Å². The van der Waals surface area contributed by atoms with Crippen molar-refractivity contribution >= 4 is 0 Å². The summed E-state index contributed by atoms with van der Waals surface area (Å²) in [5.74, 6) is -1.32. The van der Waals surface area contributed by atoms with Gasteiger partial charge in [0.05, 0.1) is 0 Å². The minimum Gasteiger partial charge on any atom is -0.382 e. The second-order valence-corrected chi connectivity index (χ2v) is 3.32. The maximum absolute atomic E-state index is 8.93. The van der Waals surface area contributed by atoms with Crippen LogP contribution in [-0.2, 0) is 4.74 Å². The Balaban J connectivity index is 0.000000252. The summed E-state index contributed by atoms with van der Waals surface area (Å²) in [6.45, 7) is 5.67. The molecule has 0 amide bonds. The van der Waals surface area contributed by atoms with Crippen LogP contribution in [-0.4, -0.2) is 29.2 Å². The van der Waals surface area contributed by atoms with Gasteiger partial charge in [-0.15, -0.1) is 0 Å². The van der Waals surface area contributed by atoms with Crippen molar-refractivity contribution < 1.29 is 14.9 Å². The van der Waals surface area contributed by atoms with Crippen molar-refractivity contribution in [2.75, 3.05) is 13.2 Å². The van der Waals surface area contributed by atoms with Crippen LogP contribution in [0.2, 0.25) is 0 Å². The molecule has 2 N–H and O–H groups in total. The van der Waals surface area contributed by atoms with Crippen LogP contribution in [0.1, 0.15) is 46.0 Å². The van der Waals surface area contributed by atoms with E-state index in [0.717, 1.165) is 32.5 Å². The van der Waals surface area contributed by atoms with Gasteiger partial charge in [0.2, 0.25) is 0 Å². The summed E-state index contributed by atoms with van der Waals surface area (Å²) in [4.78, 5) is 0. The third-order valence-corrected chi connectivity index (χ3v) is 2.06. The van der Waals surface area contributed by atoms with Crippen LogP contribution in [0, 0.1) is 0 Å². The summed E-state index contributed by atoms with van der Waals surface area (Å²) in [5.41, 5.74) is 0. The van der Waals surface area contributed by atoms with Gasteiger partial charge in [-0.2, -0.15) is 0 Å². The molecule has 0 aromatic heterocycles. The van der Waals surface area contributed by atoms with Crippen molar-refractivity contribution in [3.05, 3.63) is 0 Å². The summed E-state index contributed by atoms with van der Waals surface area (Å²) in [5, 5.41) is 17.9. The lowest BCUT2D eigenvalue weighted by Crippen LogP contribution is -2.30. The zero-order valence-electron chi connectivity index (χ0n) is 8.75. The van der Waals surface area contributed by atoms with Crippen molar-refractivity contribution in [1.82, 2.24) is 0 Å². The van der Waals surface area contributed by atoms with E-state index < -0.39 is 5.79 Å². The van der Waals surface area contributed by atoms with Gasteiger partial charge in [-0.1, -0.05) is 6.42 Å². The number of aliphatic hydroxyl groups is 2. The fourth-order valence-electron chi connectivity index (χ4n) is 1.32. The molecule has 80 valence electrons. The molecule has 1 aliphatic rings. The third kappa shape index (κ3) is 8.22. The number of rotatable bonds is 2. The van der Waals surface area contributed by atoms with Gasteiger partial charge in [-0.25, -0.2) is 0 Å². The Morgan fingerprint density at radius 2 is 1.46 bits per heavy atom. The largest absolute Gasteiger partial charge is 0.382 e. The quantitative estimate of drug-likeness (QED) is 0.651. The van der Waals surface area contributed by atoms with Gasteiger partial charge in [0.1, 0.15) is 0 Å². The van der Waals surface area contributed by atoms with Crippen LogP contribution in [0.15, 0.2) is 0 Å². The molecule has 0 spiro atoms. The summed E-state index contributed by atoms with van der Waals surface area (Å²) >= 11 is 0. The van der Waals surface area contributed by atoms with Gasteiger partial charge >= 0.3 is 0 Å². The smallest absolute Gasteiger partial charge is 0.162 e. The Bertz CT molecular complexity index is 103. The minimum atomic E-state index is -1.32. The highest BCUT2D eigenvalue weighted by atomic mass is 16.5. The highest BCUT2D eigenvalue weighted by Gasteiger charge is 2.24. The van der Waals surface area contributed by atoms with Crippen molar-refractivity contribution in [3.8, 4) is 0 Å². The molecule has 1 aliphatic carbocycles. The van der Waals surface area contributed by atoms with Crippen LogP contribution in [0.3, 0.4) is 0 Å². The van der Waals surface area contributed by atoms with E-state index in [2.05, 4.69) is 0 Å². The topological polar surface area (TPSA) is 49.7 Å². The highest BCUT2D eigenvalue weighted by molar-refractivity contribution is 4.69. The second kappa shape index (κ2) is 7.30. The van der Waals surface area contributed by atoms with E-state index in [0.29, 0.717) is 12.8 Å². The van der Waals surface area contributed by atoms with E-state index in [1.54, 1.807) is 0 Å². The first kappa shape index (κ1) is 12.9. The summed E-state index contributed by atoms with van der Waals surface area (Å²) in [6.07, 6.45) is 4.21. The molecule has 3 nitrogen and oxygen atoms in total. The third-order valence-electron chi connectivity index (χ3n) is 2.06. The molecule has 0 bridgehead atoms. The van der Waals surface area contributed by atoms with Gasteiger partial charge in [0, 0.05) is 26.1 Å². The van der Waals surface area contributed by atoms with E-state index >= 15 is 0 Å². The fourth-order valence-corrected chi connectivity index (χ4v) is 1.32. The lowest BCUT2D eigenvalue weighted by molar-refractivity contribution is -0.180. The second-order valence-electron chi connectivity index (χ2n) is 3.32. The molecule has 0 atom stereocenters. The highest BCUT2D eigenvalue weighted by Crippen LogP contribution is 2.24. The van der Waals surface area contributed by atoms with E-state index in [1.165, 1.54) is 0 Å². The Hall–Kier alpha value is -0.120. The zero-order valence-corrected chi connectivity index (χ0v) is 8.75. The van der Waals surface area contributed by atoms with Crippen molar-refractivity contribution in [1.29, 1.82) is 0 Å². The van der Waals surface area contributed by atoms with Crippen molar-refractivity contribution in [3.63, 3.8) is 0 Å². The standard InChI is InChI=1S/C6H12O2.C4H10O/c7-6(8)4-2-1-3-5-6;1-3-5-4-2/h7-8H,1-5H2;3-4H2,1-2H3. The van der Waals surface area contributed by atoms with E-state index in [4.69, 9.17) is 14.9 Å². The number of hydrogen-bond donors (Lipinski definition) is 2. The molecule has 0 unspecified atom stereocenters. The molecule has 1 rings (SSSR count). The molecule has 0 saturated heterocycles. The summed E-state index contributed by atoms with van der Waals surface area (Å²) < 4.78 is 4.83. The monoisotopic (exact) mass is 190 g/mol. The average molecular weight is 190 g/mol. The Labute approximate surface area is 80.7 Å². The molecule has 13 heavy (non-hydrogen) atoms. The fraction of sp³-hybridized carbons (Fsp3) is 1.00. The molecular formula is C10H22O3. The number of ether oxygens (including phenoxy) is 1. The van der Waals surface area contributed by atoms with Crippen molar-refractivity contribution in [2.45, 2.75) is 51.7 Å². The molecule has 0 heterocycles. The zero-order chi connectivity index (χ0) is 10.2. The van der Waals surface area contributed by atoms with E-state index in [9.17, 15) is 0 Å². The summed E-state index contributed by atoms with van der Waals surface area (Å²) in [7, 11) is 0. The first-order chi connectivity index (χ1) is 6.12. The maximum atomic E-state index is 8.93. The van der Waals surface area contributed by atoms with Gasteiger partial charge < -0.3 is 14.9 Å². The molecule has 3 heteroatoms. The van der Waals surface area contributed by atoms with E-state index in [-0.39, 0.29) is 0 Å². The molecular weight excluding hydrogens is 168 g/mol. The molecule has 0 aromatic carbocycles. The predicted octanol–water partition coefficient (Wildman–Crippen LogP) is 1.67. The molecule has 0 radical (unpaired) electrons. The van der Waals surface area contributed by atoms with Gasteiger partial charge in [0.25, 0.3) is 0 Å². The van der Waals surface area contributed by atoms with Crippen LogP contribution in [0.25, 0.3) is 0 Å². The van der Waals surface area contributed by atoms with Crippen LogP contribution in [0.4, 0.5) is 0 Å². The van der Waals surface area contributed by atoms with Gasteiger partial charge in [0.15, 0.2) is 5.79 Å². The van der Waals surface area contributed by atoms with Crippen molar-refractivity contribution in [2.24, 2.45) is 0 Å². The van der Waals surface area contributed by atoms with Crippen LogP contribution < -0.4 is 0 Å². The molecule has 1 fully saturated rings. The number of hydrogen-bond acceptors (Lipinski definition) is 3. The van der Waals surface area contributed by atoms with Gasteiger partial charge in [-0.05, 0) is 26.7 Å². The predicted molar refractivity (Wildman–Crippen MR) is 52.4 cm³/mol. The van der Waals surface area contributed by atoms with E-state index in [1.807, 2.05) is 13.8 Å². The lowest BCUT2D eigenvalue weighted by Gasteiger charge is -2.25. The first-order valence-corrected chi connectivity index (χ1v) is 5.15. The lowest BCUT2D eigenvalue weighted by atomic mass is 9.95. The molecule has 0 aliphatic heterocycles. The van der Waals surface area contributed by atoms with Crippen LogP contribution >= 0.6 is 0 Å². The Morgan fingerprint density at radius 3 is 1.62 bits per heavy atom. The SMILES string of the molecule is CCOCC.OC1(O)CCCCC1. The van der Waals surface area contributed by atoms with Crippen LogP contribution in [0.5, 0.6) is 0 Å². The average Bonchev–Trinajstić information content (AvgIpc) is 2.06. The minimum absolute atomic E-state index is 0.562. The maximum Gasteiger partial charge on any atom is 0.162 e. The molecule has 0 aromatic rings. The molecule has 1 saturated carbocycles.